The monoisotopic (exact) mass is 441 g/mol. The summed E-state index contributed by atoms with van der Waals surface area (Å²) in [6, 6.07) is 7.04. The molecule has 2 aliphatic rings. The first-order valence-electron chi connectivity index (χ1n) is 9.36. The lowest BCUT2D eigenvalue weighted by Crippen LogP contribution is -2.50. The zero-order valence-electron chi connectivity index (χ0n) is 15.4. The van der Waals surface area contributed by atoms with Crippen molar-refractivity contribution in [2.75, 3.05) is 18.9 Å². The number of Topliss-reactive ketones (excluding diaryl/α,β-unsaturated/α-hetero) is 1. The van der Waals surface area contributed by atoms with Crippen molar-refractivity contribution in [3.05, 3.63) is 46.5 Å². The molecule has 0 spiro atoms. The van der Waals surface area contributed by atoms with Crippen LogP contribution in [0.4, 0.5) is 0 Å². The number of aliphatic hydroxyl groups is 1. The number of halogens is 1. The number of carboxylic acids is 1. The molecule has 5 nitrogen and oxygen atoms in total. The van der Waals surface area contributed by atoms with Crippen LogP contribution in [0.2, 0.25) is 5.02 Å². The SMILES string of the molecule is O=C(O)/C=C1\C(SSCCO)CCN(Cc2ccccc2Cl)C1C(=O)C1CC1. The Balaban J connectivity index is 1.88. The zero-order chi connectivity index (χ0) is 20.1. The first-order valence-corrected chi connectivity index (χ1v) is 12.1. The first-order chi connectivity index (χ1) is 13.5. The van der Waals surface area contributed by atoms with Crippen LogP contribution in [-0.4, -0.2) is 57.1 Å². The van der Waals surface area contributed by atoms with Gasteiger partial charge in [-0.1, -0.05) is 51.4 Å². The minimum Gasteiger partial charge on any atom is -0.478 e. The predicted molar refractivity (Wildman–Crippen MR) is 115 cm³/mol. The van der Waals surface area contributed by atoms with Crippen molar-refractivity contribution in [2.24, 2.45) is 5.92 Å². The van der Waals surface area contributed by atoms with Crippen molar-refractivity contribution in [2.45, 2.75) is 37.1 Å². The number of aliphatic hydroxyl groups excluding tert-OH is 1. The molecule has 0 aromatic heterocycles. The Bertz CT molecular complexity index is 753. The number of piperidine rings is 1. The molecular formula is C20H24ClNO4S2. The van der Waals surface area contributed by atoms with Crippen LogP contribution >= 0.6 is 33.2 Å². The summed E-state index contributed by atoms with van der Waals surface area (Å²) < 4.78 is 0. The standard InChI is InChI=1S/C20H24ClNO4S2/c21-16-4-2-1-3-14(16)12-22-8-7-17(28-27-10-9-23)15(11-18(24)25)19(22)20(26)13-5-6-13/h1-4,11,13,17,19,23H,5-10,12H2,(H,24,25)/b15-11+. The van der Waals surface area contributed by atoms with Crippen LogP contribution in [0.15, 0.2) is 35.9 Å². The first kappa shape index (κ1) is 21.7. The molecule has 2 atom stereocenters. The van der Waals surface area contributed by atoms with Gasteiger partial charge in [-0.25, -0.2) is 4.79 Å². The van der Waals surface area contributed by atoms with Crippen molar-refractivity contribution in [3.63, 3.8) is 0 Å². The van der Waals surface area contributed by atoms with Gasteiger partial charge in [-0.05, 0) is 36.5 Å². The number of likely N-dealkylation sites (tertiary alicyclic amines) is 1. The highest BCUT2D eigenvalue weighted by Gasteiger charge is 2.44. The second kappa shape index (κ2) is 10.2. The molecule has 2 fully saturated rings. The van der Waals surface area contributed by atoms with E-state index < -0.39 is 12.0 Å². The Morgan fingerprint density at radius 3 is 2.64 bits per heavy atom. The fraction of sp³-hybridized carbons (Fsp3) is 0.500. The van der Waals surface area contributed by atoms with Gasteiger partial charge < -0.3 is 10.2 Å². The lowest BCUT2D eigenvalue weighted by Gasteiger charge is -2.40. The maximum Gasteiger partial charge on any atom is 0.328 e. The lowest BCUT2D eigenvalue weighted by molar-refractivity contribution is -0.131. The van der Waals surface area contributed by atoms with Crippen LogP contribution in [0.5, 0.6) is 0 Å². The Morgan fingerprint density at radius 2 is 2.00 bits per heavy atom. The quantitative estimate of drug-likeness (QED) is 0.344. The van der Waals surface area contributed by atoms with E-state index in [0.717, 1.165) is 24.8 Å². The van der Waals surface area contributed by atoms with Crippen LogP contribution in [0.1, 0.15) is 24.8 Å². The van der Waals surface area contributed by atoms with E-state index in [0.29, 0.717) is 29.4 Å². The Labute approximate surface area is 177 Å². The summed E-state index contributed by atoms with van der Waals surface area (Å²) in [6.45, 7) is 1.29. The highest BCUT2D eigenvalue weighted by molar-refractivity contribution is 8.77. The van der Waals surface area contributed by atoms with E-state index in [9.17, 15) is 14.7 Å². The molecule has 1 saturated carbocycles. The topological polar surface area (TPSA) is 77.8 Å². The van der Waals surface area contributed by atoms with Crippen LogP contribution < -0.4 is 0 Å². The van der Waals surface area contributed by atoms with Crippen LogP contribution in [-0.2, 0) is 16.1 Å². The van der Waals surface area contributed by atoms with Crippen molar-refractivity contribution in [1.82, 2.24) is 4.90 Å². The molecule has 8 heteroatoms. The molecule has 1 heterocycles. The van der Waals surface area contributed by atoms with E-state index in [-0.39, 0.29) is 23.6 Å². The normalized spacial score (nSPS) is 24.4. The van der Waals surface area contributed by atoms with Gasteiger partial charge in [-0.2, -0.15) is 0 Å². The van der Waals surface area contributed by atoms with Crippen LogP contribution in [0, 0.1) is 5.92 Å². The smallest absolute Gasteiger partial charge is 0.328 e. The molecule has 0 radical (unpaired) electrons. The number of carboxylic acid groups (broad SMARTS) is 1. The molecule has 1 aromatic carbocycles. The highest BCUT2D eigenvalue weighted by atomic mass is 35.5. The van der Waals surface area contributed by atoms with Gasteiger partial charge in [0, 0.05) is 41.1 Å². The van der Waals surface area contributed by atoms with Gasteiger partial charge in [-0.3, -0.25) is 9.69 Å². The van der Waals surface area contributed by atoms with Gasteiger partial charge in [0.25, 0.3) is 0 Å². The molecule has 1 aromatic rings. The number of benzene rings is 1. The summed E-state index contributed by atoms with van der Waals surface area (Å²) in [5, 5.41) is 19.1. The molecule has 0 amide bonds. The molecule has 1 aliphatic heterocycles. The zero-order valence-corrected chi connectivity index (χ0v) is 17.8. The van der Waals surface area contributed by atoms with Gasteiger partial charge in [-0.15, -0.1) is 0 Å². The number of carbonyl (C=O) groups is 2. The minimum absolute atomic E-state index is 0.0322. The highest BCUT2D eigenvalue weighted by Crippen LogP contribution is 2.42. The molecule has 152 valence electrons. The van der Waals surface area contributed by atoms with Gasteiger partial charge >= 0.3 is 5.97 Å². The molecule has 1 saturated heterocycles. The summed E-state index contributed by atoms with van der Waals surface area (Å²) >= 11 is 6.33. The Hall–Kier alpha value is -0.990. The number of nitrogens with zero attached hydrogens (tertiary/aromatic N) is 1. The largest absolute Gasteiger partial charge is 0.478 e. The molecule has 28 heavy (non-hydrogen) atoms. The summed E-state index contributed by atoms with van der Waals surface area (Å²) in [5.74, 6) is -0.297. The second-order valence-electron chi connectivity index (χ2n) is 7.04. The van der Waals surface area contributed by atoms with E-state index in [1.54, 1.807) is 10.8 Å². The fourth-order valence-electron chi connectivity index (χ4n) is 3.50. The Kier molecular flexibility index (Phi) is 7.88. The van der Waals surface area contributed by atoms with E-state index in [4.69, 9.17) is 16.7 Å². The van der Waals surface area contributed by atoms with Crippen LogP contribution in [0.25, 0.3) is 0 Å². The average Bonchev–Trinajstić information content (AvgIpc) is 3.50. The Morgan fingerprint density at radius 1 is 1.25 bits per heavy atom. The van der Waals surface area contributed by atoms with Gasteiger partial charge in [0.15, 0.2) is 5.78 Å². The van der Waals surface area contributed by atoms with Crippen molar-refractivity contribution in [1.29, 1.82) is 0 Å². The molecule has 2 unspecified atom stereocenters. The van der Waals surface area contributed by atoms with Crippen molar-refractivity contribution in [3.8, 4) is 0 Å². The van der Waals surface area contributed by atoms with Crippen molar-refractivity contribution >= 4 is 44.9 Å². The van der Waals surface area contributed by atoms with E-state index in [2.05, 4.69) is 4.90 Å². The van der Waals surface area contributed by atoms with Crippen LogP contribution in [0.3, 0.4) is 0 Å². The van der Waals surface area contributed by atoms with Gasteiger partial charge in [0.2, 0.25) is 0 Å². The number of hydrogen-bond donors (Lipinski definition) is 2. The number of ketones is 1. The lowest BCUT2D eigenvalue weighted by atomic mass is 9.89. The molecule has 3 rings (SSSR count). The van der Waals surface area contributed by atoms with Gasteiger partial charge in [0.1, 0.15) is 0 Å². The molecule has 1 aliphatic carbocycles. The fourth-order valence-corrected chi connectivity index (χ4v) is 6.17. The number of carbonyl (C=O) groups excluding carboxylic acids is 1. The molecule has 2 N–H and O–H groups in total. The maximum absolute atomic E-state index is 13.1. The summed E-state index contributed by atoms with van der Waals surface area (Å²) in [6.07, 6.45) is 3.74. The summed E-state index contributed by atoms with van der Waals surface area (Å²) in [7, 11) is 3.07. The number of aliphatic carboxylic acids is 1. The number of rotatable bonds is 9. The maximum atomic E-state index is 13.1. The van der Waals surface area contributed by atoms with Crippen molar-refractivity contribution < 1.29 is 19.8 Å². The number of hydrogen-bond acceptors (Lipinski definition) is 6. The molecular weight excluding hydrogens is 418 g/mol. The molecule has 0 bridgehead atoms. The summed E-state index contributed by atoms with van der Waals surface area (Å²) in [5.41, 5.74) is 1.60. The third-order valence-corrected chi connectivity index (χ3v) is 8.16. The third kappa shape index (κ3) is 5.54. The second-order valence-corrected chi connectivity index (χ2v) is 10.1. The summed E-state index contributed by atoms with van der Waals surface area (Å²) in [4.78, 5) is 26.8. The average molecular weight is 442 g/mol. The van der Waals surface area contributed by atoms with Gasteiger partial charge in [0.05, 0.1) is 12.6 Å². The third-order valence-electron chi connectivity index (χ3n) is 4.96. The minimum atomic E-state index is -1.03. The van der Waals surface area contributed by atoms with E-state index >= 15 is 0 Å². The van der Waals surface area contributed by atoms with E-state index in [1.807, 2.05) is 24.3 Å². The van der Waals surface area contributed by atoms with E-state index in [1.165, 1.54) is 16.9 Å². The predicted octanol–water partition coefficient (Wildman–Crippen LogP) is 3.65.